The Morgan fingerprint density at radius 3 is 3.00 bits per heavy atom. The molecule has 4 rings (SSSR count). The molecule has 1 saturated heterocycles. The summed E-state index contributed by atoms with van der Waals surface area (Å²) in [5.74, 6) is 0.708. The molecule has 2 aliphatic heterocycles. The molecule has 1 fully saturated rings. The maximum atomic E-state index is 12.6. The van der Waals surface area contributed by atoms with Crippen LogP contribution in [0.3, 0.4) is 0 Å². The highest BCUT2D eigenvalue weighted by molar-refractivity contribution is 8.13. The van der Waals surface area contributed by atoms with Gasteiger partial charge in [0, 0.05) is 23.2 Å². The second-order valence-electron chi connectivity index (χ2n) is 7.59. The highest BCUT2D eigenvalue weighted by Crippen LogP contribution is 2.49. The minimum absolute atomic E-state index is 0.116. The van der Waals surface area contributed by atoms with Crippen molar-refractivity contribution in [1.82, 2.24) is 14.8 Å². The van der Waals surface area contributed by atoms with Crippen molar-refractivity contribution in [3.8, 4) is 0 Å². The highest BCUT2D eigenvalue weighted by Gasteiger charge is 2.52. The second kappa shape index (κ2) is 7.33. The Kier molecular flexibility index (Phi) is 5.11. The summed E-state index contributed by atoms with van der Waals surface area (Å²) in [6.07, 6.45) is 1.86. The molecule has 2 aromatic rings. The molecule has 0 bridgehead atoms. The molecule has 0 aromatic carbocycles. The molecule has 29 heavy (non-hydrogen) atoms. The molecule has 2 atom stereocenters. The molecule has 8 nitrogen and oxygen atoms in total. The van der Waals surface area contributed by atoms with Gasteiger partial charge in [-0.3, -0.25) is 4.79 Å². The van der Waals surface area contributed by atoms with E-state index in [1.54, 1.807) is 5.38 Å². The average Bonchev–Trinajstić information content (AvgIpc) is 3.31. The van der Waals surface area contributed by atoms with Crippen LogP contribution >= 0.6 is 23.1 Å². The van der Waals surface area contributed by atoms with Crippen LogP contribution in [0, 0.1) is 5.92 Å². The van der Waals surface area contributed by atoms with Gasteiger partial charge >= 0.3 is 6.55 Å². The van der Waals surface area contributed by atoms with Gasteiger partial charge in [-0.05, 0) is 26.3 Å². The zero-order valence-corrected chi connectivity index (χ0v) is 17.4. The van der Waals surface area contributed by atoms with E-state index in [4.69, 9.17) is 15.5 Å². The van der Waals surface area contributed by atoms with Gasteiger partial charge in [-0.1, -0.05) is 11.8 Å². The quantitative estimate of drug-likeness (QED) is 0.754. The fraction of sp³-hybridized carbons (Fsp3) is 0.529. The van der Waals surface area contributed by atoms with Gasteiger partial charge in [-0.2, -0.15) is 13.9 Å². The molecule has 156 valence electrons. The molecule has 0 aliphatic carbocycles. The number of halogens is 2. The van der Waals surface area contributed by atoms with Crippen molar-refractivity contribution in [3.63, 3.8) is 0 Å². The average molecular weight is 443 g/mol. The van der Waals surface area contributed by atoms with Crippen LogP contribution in [0.25, 0.3) is 0 Å². The zero-order chi connectivity index (χ0) is 20.8. The number of thioether (sulfide) groups is 1. The van der Waals surface area contributed by atoms with Gasteiger partial charge in [-0.25, -0.2) is 14.7 Å². The number of alkyl halides is 2. The number of hydrogen-bond donors (Lipinski definition) is 2. The second-order valence-corrected chi connectivity index (χ2v) is 9.48. The van der Waals surface area contributed by atoms with E-state index in [9.17, 15) is 13.6 Å². The SMILES string of the molecule is CC1(C)C[C@@H]2CSC(N)=N[C@]2(c2nc(NC(=O)c3ccn(C(F)F)n3)cs2)CO1. The molecule has 0 spiro atoms. The summed E-state index contributed by atoms with van der Waals surface area (Å²) in [4.78, 5) is 21.6. The van der Waals surface area contributed by atoms with Crippen LogP contribution in [0.4, 0.5) is 14.6 Å². The Balaban J connectivity index is 1.57. The number of amides is 1. The number of nitrogens with zero attached hydrogens (tertiary/aromatic N) is 4. The number of ether oxygens (including phenoxy) is 1. The van der Waals surface area contributed by atoms with E-state index in [-0.39, 0.29) is 17.2 Å². The Morgan fingerprint density at radius 1 is 1.48 bits per heavy atom. The first kappa shape index (κ1) is 20.2. The van der Waals surface area contributed by atoms with Gasteiger partial charge in [0.2, 0.25) is 0 Å². The monoisotopic (exact) mass is 442 g/mol. The van der Waals surface area contributed by atoms with E-state index in [1.165, 1.54) is 29.2 Å². The minimum Gasteiger partial charge on any atom is -0.379 e. The third-order valence-corrected chi connectivity index (χ3v) is 6.96. The lowest BCUT2D eigenvalue weighted by Crippen LogP contribution is -2.52. The van der Waals surface area contributed by atoms with E-state index in [0.717, 1.165) is 18.4 Å². The maximum absolute atomic E-state index is 12.6. The lowest BCUT2D eigenvalue weighted by molar-refractivity contribution is -0.109. The first-order chi connectivity index (χ1) is 13.7. The number of carbonyl (C=O) groups excluding carboxylic acids is 1. The summed E-state index contributed by atoms with van der Waals surface area (Å²) in [6, 6.07) is 1.23. The summed E-state index contributed by atoms with van der Waals surface area (Å²) in [5, 5.41) is 9.05. The Labute approximate surface area is 173 Å². The maximum Gasteiger partial charge on any atom is 0.333 e. The van der Waals surface area contributed by atoms with Crippen molar-refractivity contribution in [3.05, 3.63) is 28.3 Å². The van der Waals surface area contributed by atoms with E-state index in [2.05, 4.69) is 29.2 Å². The number of nitrogens with one attached hydrogen (secondary N) is 1. The molecule has 0 saturated carbocycles. The van der Waals surface area contributed by atoms with Crippen LogP contribution in [0.5, 0.6) is 0 Å². The van der Waals surface area contributed by atoms with E-state index < -0.39 is 18.0 Å². The summed E-state index contributed by atoms with van der Waals surface area (Å²) >= 11 is 2.88. The Hall–Kier alpha value is -2.05. The smallest absolute Gasteiger partial charge is 0.333 e. The lowest BCUT2D eigenvalue weighted by Gasteiger charge is -2.47. The van der Waals surface area contributed by atoms with Crippen LogP contribution in [0.1, 0.15) is 42.3 Å². The van der Waals surface area contributed by atoms with Crippen molar-refractivity contribution < 1.29 is 18.3 Å². The number of rotatable bonds is 4. The molecule has 12 heteroatoms. The highest BCUT2D eigenvalue weighted by atomic mass is 32.2. The van der Waals surface area contributed by atoms with Crippen LogP contribution in [-0.2, 0) is 10.3 Å². The predicted molar refractivity (Wildman–Crippen MR) is 107 cm³/mol. The summed E-state index contributed by atoms with van der Waals surface area (Å²) in [6.45, 7) is 1.65. The number of aliphatic imine (C=N–C) groups is 1. The summed E-state index contributed by atoms with van der Waals surface area (Å²) in [7, 11) is 0. The van der Waals surface area contributed by atoms with Gasteiger partial charge in [0.05, 0.1) is 12.2 Å². The zero-order valence-electron chi connectivity index (χ0n) is 15.8. The fourth-order valence-electron chi connectivity index (χ4n) is 3.54. The van der Waals surface area contributed by atoms with Gasteiger partial charge in [-0.15, -0.1) is 11.3 Å². The number of nitrogens with two attached hydrogens (primary N) is 1. The van der Waals surface area contributed by atoms with Crippen molar-refractivity contribution >= 4 is 40.0 Å². The van der Waals surface area contributed by atoms with Crippen LogP contribution in [-0.4, -0.2) is 43.8 Å². The molecular weight excluding hydrogens is 422 g/mol. The third-order valence-electron chi connectivity index (χ3n) is 5.00. The van der Waals surface area contributed by atoms with Crippen LogP contribution in [0.15, 0.2) is 22.6 Å². The molecular formula is C17H20F2N6O2S2. The first-order valence-electron chi connectivity index (χ1n) is 8.91. The van der Waals surface area contributed by atoms with Crippen molar-refractivity contribution in [2.75, 3.05) is 17.7 Å². The minimum atomic E-state index is -2.80. The lowest BCUT2D eigenvalue weighted by atomic mass is 9.77. The normalized spacial score (nSPS) is 26.1. The fourth-order valence-corrected chi connectivity index (χ4v) is 5.50. The van der Waals surface area contributed by atoms with Gasteiger partial charge in [0.15, 0.2) is 10.9 Å². The molecule has 3 N–H and O–H groups in total. The van der Waals surface area contributed by atoms with E-state index in [0.29, 0.717) is 27.3 Å². The Morgan fingerprint density at radius 2 is 2.28 bits per heavy atom. The van der Waals surface area contributed by atoms with E-state index in [1.807, 2.05) is 0 Å². The molecule has 0 radical (unpaired) electrons. The third kappa shape index (κ3) is 3.88. The number of amidine groups is 1. The van der Waals surface area contributed by atoms with Gasteiger partial charge in [0.1, 0.15) is 16.4 Å². The van der Waals surface area contributed by atoms with Crippen LogP contribution < -0.4 is 11.1 Å². The van der Waals surface area contributed by atoms with Crippen molar-refractivity contribution in [2.24, 2.45) is 16.6 Å². The van der Waals surface area contributed by atoms with E-state index >= 15 is 0 Å². The summed E-state index contributed by atoms with van der Waals surface area (Å²) in [5.41, 5.74) is 4.96. The summed E-state index contributed by atoms with van der Waals surface area (Å²) < 4.78 is 31.8. The van der Waals surface area contributed by atoms with Gasteiger partial charge < -0.3 is 15.8 Å². The molecule has 0 unspecified atom stereocenters. The largest absolute Gasteiger partial charge is 0.379 e. The van der Waals surface area contributed by atoms with Crippen LogP contribution in [0.2, 0.25) is 0 Å². The molecule has 2 aromatic heterocycles. The number of hydrogen-bond acceptors (Lipinski definition) is 8. The number of carbonyl (C=O) groups is 1. The molecule has 1 amide bonds. The van der Waals surface area contributed by atoms with Gasteiger partial charge in [0.25, 0.3) is 5.91 Å². The number of fused-ring (bicyclic) bond motifs is 1. The first-order valence-corrected chi connectivity index (χ1v) is 10.8. The number of anilines is 1. The topological polar surface area (TPSA) is 107 Å². The van der Waals surface area contributed by atoms with Crippen molar-refractivity contribution in [2.45, 2.75) is 38.0 Å². The standard InChI is InChI=1S/C17H20F2N6O2S2/c1-16(2)5-9-6-29-15(20)23-17(9,8-27-16)13-22-11(7-28-13)21-12(26)10-3-4-25(24-10)14(18)19/h3-4,7,9,14H,5-6,8H2,1-2H3,(H2,20,23)(H,21,26)/t9-,17-/m1/s1. The molecule has 4 heterocycles. The Bertz CT molecular complexity index is 959. The number of thiazole rings is 1. The predicted octanol–water partition coefficient (Wildman–Crippen LogP) is 3.06. The van der Waals surface area contributed by atoms with Crippen molar-refractivity contribution in [1.29, 1.82) is 0 Å². The number of aromatic nitrogens is 3. The molecule has 2 aliphatic rings.